The van der Waals surface area contributed by atoms with Crippen molar-refractivity contribution in [3.63, 3.8) is 0 Å². The van der Waals surface area contributed by atoms with Crippen LogP contribution in [0.15, 0.2) is 10.7 Å². The molecule has 0 bridgehead atoms. The molecule has 0 aliphatic rings. The van der Waals surface area contributed by atoms with Gasteiger partial charge in [0.05, 0.1) is 3.57 Å². The molecule has 1 rings (SSSR count). The summed E-state index contributed by atoms with van der Waals surface area (Å²) in [4.78, 5) is 3.32. The lowest BCUT2D eigenvalue weighted by atomic mass is 10.3. The maximum atomic E-state index is 12.8. The first-order valence-corrected chi connectivity index (χ1v) is 4.69. The lowest BCUT2D eigenvalue weighted by Gasteiger charge is -2.01. The van der Waals surface area contributed by atoms with E-state index in [4.69, 9.17) is 0 Å². The third kappa shape index (κ3) is 2.09. The van der Waals surface area contributed by atoms with Crippen molar-refractivity contribution in [3.05, 3.63) is 25.8 Å². The molecule has 1 heterocycles. The lowest BCUT2D eigenvalue weighted by molar-refractivity contribution is 0.145. The molecule has 0 aliphatic heterocycles. The molecule has 1 aromatic rings. The average molecular weight is 352 g/mol. The van der Waals surface area contributed by atoms with Gasteiger partial charge in [0.25, 0.3) is 6.43 Å². The highest BCUT2D eigenvalue weighted by Crippen LogP contribution is 2.24. The van der Waals surface area contributed by atoms with Crippen molar-refractivity contribution < 1.29 is 13.2 Å². The number of pyridine rings is 1. The van der Waals surface area contributed by atoms with E-state index in [9.17, 15) is 13.2 Å². The summed E-state index contributed by atoms with van der Waals surface area (Å²) in [5, 5.41) is 0. The van der Waals surface area contributed by atoms with Crippen LogP contribution in [0.4, 0.5) is 13.2 Å². The molecule has 12 heavy (non-hydrogen) atoms. The number of halogens is 5. The van der Waals surface area contributed by atoms with E-state index in [2.05, 4.69) is 20.9 Å². The largest absolute Gasteiger partial charge is 0.280 e. The summed E-state index contributed by atoms with van der Waals surface area (Å²) >= 11 is 4.37. The molecule has 0 unspecified atom stereocenters. The second-order valence-electron chi connectivity index (χ2n) is 1.93. The van der Waals surface area contributed by atoms with Gasteiger partial charge in [0.2, 0.25) is 0 Å². The van der Waals surface area contributed by atoms with Crippen LogP contribution in [0.1, 0.15) is 12.1 Å². The van der Waals surface area contributed by atoms with Gasteiger partial charge in [0.15, 0.2) is 5.82 Å². The summed E-state index contributed by atoms with van der Waals surface area (Å²) in [6.45, 7) is 0. The van der Waals surface area contributed by atoms with Crippen LogP contribution in [-0.4, -0.2) is 4.98 Å². The fourth-order valence-corrected chi connectivity index (χ4v) is 1.96. The smallest absolute Gasteiger partial charge is 0.237 e. The molecule has 1 nitrogen and oxygen atoms in total. The zero-order valence-corrected chi connectivity index (χ0v) is 9.24. The maximum Gasteiger partial charge on any atom is 0.280 e. The van der Waals surface area contributed by atoms with E-state index in [0.717, 1.165) is 6.07 Å². The number of rotatable bonds is 1. The van der Waals surface area contributed by atoms with Gasteiger partial charge in [-0.2, -0.15) is 0 Å². The molecule has 0 N–H and O–H groups in total. The zero-order valence-electron chi connectivity index (χ0n) is 5.49. The molecule has 0 spiro atoms. The van der Waals surface area contributed by atoms with Crippen LogP contribution >= 0.6 is 38.5 Å². The van der Waals surface area contributed by atoms with E-state index in [1.54, 1.807) is 22.6 Å². The first-order chi connectivity index (χ1) is 5.52. The number of hydrogen-bond donors (Lipinski definition) is 0. The van der Waals surface area contributed by atoms with Gasteiger partial charge in [0.1, 0.15) is 10.3 Å². The fourth-order valence-electron chi connectivity index (χ4n) is 0.598. The molecule has 6 heteroatoms. The molecule has 66 valence electrons. The topological polar surface area (TPSA) is 12.9 Å². The highest BCUT2D eigenvalue weighted by Gasteiger charge is 2.14. The van der Waals surface area contributed by atoms with E-state index >= 15 is 0 Å². The van der Waals surface area contributed by atoms with E-state index in [1.165, 1.54) is 0 Å². The van der Waals surface area contributed by atoms with Crippen molar-refractivity contribution >= 4 is 38.5 Å². The van der Waals surface area contributed by atoms with Crippen LogP contribution in [0, 0.1) is 9.39 Å². The number of hydrogen-bond acceptors (Lipinski definition) is 1. The second-order valence-corrected chi connectivity index (χ2v) is 3.85. The van der Waals surface area contributed by atoms with Crippen LogP contribution in [0.5, 0.6) is 0 Å². The molecule has 0 saturated heterocycles. The monoisotopic (exact) mass is 351 g/mol. The molecule has 0 amide bonds. The third-order valence-electron chi connectivity index (χ3n) is 1.12. The molecule has 0 aliphatic carbocycles. The Bertz CT molecular complexity index is 282. The predicted octanol–water partition coefficient (Wildman–Crippen LogP) is 3.53. The van der Waals surface area contributed by atoms with Crippen LogP contribution in [0.2, 0.25) is 0 Å². The molecular weight excluding hydrogens is 350 g/mol. The zero-order chi connectivity index (χ0) is 9.30. The Hall–Kier alpha value is 0.150. The lowest BCUT2D eigenvalue weighted by Crippen LogP contribution is -1.95. The summed E-state index contributed by atoms with van der Waals surface area (Å²) in [6, 6.07) is 1.02. The first kappa shape index (κ1) is 10.2. The van der Waals surface area contributed by atoms with Gasteiger partial charge >= 0.3 is 0 Å². The van der Waals surface area contributed by atoms with Crippen LogP contribution in [0.3, 0.4) is 0 Å². The van der Waals surface area contributed by atoms with Crippen LogP contribution < -0.4 is 0 Å². The Balaban J connectivity index is 3.21. The van der Waals surface area contributed by atoms with Crippen molar-refractivity contribution in [3.8, 4) is 0 Å². The number of alkyl halides is 2. The van der Waals surface area contributed by atoms with Gasteiger partial charge in [0, 0.05) is 0 Å². The number of nitrogens with zero attached hydrogens (tertiary/aromatic N) is 1. The van der Waals surface area contributed by atoms with Crippen LogP contribution in [0.25, 0.3) is 0 Å². The van der Waals surface area contributed by atoms with Gasteiger partial charge in [-0.05, 0) is 44.6 Å². The molecule has 0 atom stereocenters. The summed E-state index contributed by atoms with van der Waals surface area (Å²) in [6.07, 6.45) is -2.67. The summed E-state index contributed by atoms with van der Waals surface area (Å²) < 4.78 is 36.9. The minimum atomic E-state index is -2.67. The summed E-state index contributed by atoms with van der Waals surface area (Å²) in [7, 11) is 0. The Morgan fingerprint density at radius 1 is 1.50 bits per heavy atom. The van der Waals surface area contributed by atoms with Gasteiger partial charge < -0.3 is 0 Å². The van der Waals surface area contributed by atoms with Crippen molar-refractivity contribution in [2.75, 3.05) is 0 Å². The number of aromatic nitrogens is 1. The Kier molecular flexibility index (Phi) is 3.33. The minimum Gasteiger partial charge on any atom is -0.237 e. The maximum absolute atomic E-state index is 12.8. The molecule has 0 fully saturated rings. The summed E-state index contributed by atoms with van der Waals surface area (Å²) in [5.41, 5.74) is -0.423. The normalized spacial score (nSPS) is 10.8. The quantitative estimate of drug-likeness (QED) is 0.557. The van der Waals surface area contributed by atoms with Crippen molar-refractivity contribution in [1.29, 1.82) is 0 Å². The van der Waals surface area contributed by atoms with E-state index in [-0.39, 0.29) is 8.17 Å². The first-order valence-electron chi connectivity index (χ1n) is 2.82. The van der Waals surface area contributed by atoms with Gasteiger partial charge in [-0.3, -0.25) is 0 Å². The third-order valence-corrected chi connectivity index (χ3v) is 2.43. The SMILES string of the molecule is Fc1c(I)cc(C(F)F)nc1Br. The standard InChI is InChI=1S/C6H2BrF3IN/c7-5-4(8)2(11)1-3(12-5)6(9)10/h1,6H. The van der Waals surface area contributed by atoms with E-state index in [1.807, 2.05) is 0 Å². The highest BCUT2D eigenvalue weighted by atomic mass is 127. The molecule has 1 aromatic heterocycles. The van der Waals surface area contributed by atoms with Crippen LogP contribution in [-0.2, 0) is 0 Å². The van der Waals surface area contributed by atoms with Crippen molar-refractivity contribution in [1.82, 2.24) is 4.98 Å². The Morgan fingerprint density at radius 2 is 2.08 bits per heavy atom. The van der Waals surface area contributed by atoms with E-state index in [0.29, 0.717) is 0 Å². The predicted molar refractivity (Wildman–Crippen MR) is 49.6 cm³/mol. The summed E-state index contributed by atoms with van der Waals surface area (Å²) in [5.74, 6) is -0.611. The van der Waals surface area contributed by atoms with Gasteiger partial charge in [-0.15, -0.1) is 0 Å². The van der Waals surface area contributed by atoms with Gasteiger partial charge in [-0.1, -0.05) is 0 Å². The molecular formula is C6H2BrF3IN. The van der Waals surface area contributed by atoms with Gasteiger partial charge in [-0.25, -0.2) is 18.2 Å². The fraction of sp³-hybridized carbons (Fsp3) is 0.167. The van der Waals surface area contributed by atoms with E-state index < -0.39 is 17.9 Å². The molecule has 0 saturated carbocycles. The minimum absolute atomic E-state index is 0.129. The molecule has 0 aromatic carbocycles. The Labute approximate surface area is 88.6 Å². The van der Waals surface area contributed by atoms with Crippen molar-refractivity contribution in [2.45, 2.75) is 6.43 Å². The average Bonchev–Trinajstić information content (AvgIpc) is 1.99. The highest BCUT2D eigenvalue weighted by molar-refractivity contribution is 14.1. The molecule has 0 radical (unpaired) electrons. The van der Waals surface area contributed by atoms with Crippen molar-refractivity contribution in [2.24, 2.45) is 0 Å². The second kappa shape index (κ2) is 3.91. The Morgan fingerprint density at radius 3 is 2.50 bits per heavy atom.